The second-order valence-electron chi connectivity index (χ2n) is 7.54. The Morgan fingerprint density at radius 3 is 2.78 bits per heavy atom. The van der Waals surface area contributed by atoms with Gasteiger partial charge in [0.1, 0.15) is 5.56 Å². The first-order valence-corrected chi connectivity index (χ1v) is 10.5. The van der Waals surface area contributed by atoms with E-state index in [0.717, 1.165) is 21.7 Å². The zero-order valence-corrected chi connectivity index (χ0v) is 18.5. The van der Waals surface area contributed by atoms with Gasteiger partial charge in [0.05, 0.1) is 16.7 Å². The van der Waals surface area contributed by atoms with Crippen molar-refractivity contribution in [1.29, 1.82) is 0 Å². The van der Waals surface area contributed by atoms with Gasteiger partial charge in [0.25, 0.3) is 5.56 Å². The van der Waals surface area contributed by atoms with E-state index < -0.39 is 5.56 Å². The minimum absolute atomic E-state index is 0.0590. The van der Waals surface area contributed by atoms with E-state index in [9.17, 15) is 14.7 Å². The summed E-state index contributed by atoms with van der Waals surface area (Å²) in [7, 11) is 0. The molecule has 1 aliphatic heterocycles. The fourth-order valence-electron chi connectivity index (χ4n) is 3.72. The van der Waals surface area contributed by atoms with Crippen molar-refractivity contribution >= 4 is 29.8 Å². The third kappa shape index (κ3) is 4.17. The largest absolute Gasteiger partial charge is 0.494 e. The number of hydrogen-bond donors (Lipinski definition) is 3. The predicted molar refractivity (Wildman–Crippen MR) is 126 cm³/mol. The Morgan fingerprint density at radius 2 is 2.03 bits per heavy atom. The van der Waals surface area contributed by atoms with Gasteiger partial charge in [0.15, 0.2) is 4.77 Å². The molecule has 8 heteroatoms. The second-order valence-corrected chi connectivity index (χ2v) is 7.93. The molecule has 1 aliphatic rings. The van der Waals surface area contributed by atoms with E-state index in [2.05, 4.69) is 15.3 Å². The summed E-state index contributed by atoms with van der Waals surface area (Å²) < 4.78 is 1.52. The molecule has 1 amide bonds. The Bertz CT molecular complexity index is 1500. The van der Waals surface area contributed by atoms with E-state index in [4.69, 9.17) is 12.2 Å². The van der Waals surface area contributed by atoms with Gasteiger partial charge in [0, 0.05) is 18.7 Å². The molecule has 1 aromatic heterocycles. The van der Waals surface area contributed by atoms with E-state index in [0.29, 0.717) is 24.4 Å². The zero-order chi connectivity index (χ0) is 22.8. The highest BCUT2D eigenvalue weighted by molar-refractivity contribution is 7.71. The number of aromatic hydroxyl groups is 1. The summed E-state index contributed by atoms with van der Waals surface area (Å²) >= 11 is 5.31. The Labute approximate surface area is 189 Å². The van der Waals surface area contributed by atoms with Crippen LogP contribution < -0.4 is 21.5 Å². The lowest BCUT2D eigenvalue weighted by molar-refractivity contribution is -0.118. The average molecular weight is 447 g/mol. The number of hydrogen-bond acceptors (Lipinski definition) is 5. The van der Waals surface area contributed by atoms with Gasteiger partial charge < -0.3 is 10.4 Å². The van der Waals surface area contributed by atoms with Crippen molar-refractivity contribution in [3.63, 3.8) is 0 Å². The van der Waals surface area contributed by atoms with E-state index in [1.165, 1.54) is 11.5 Å². The van der Waals surface area contributed by atoms with Crippen molar-refractivity contribution in [2.24, 2.45) is 4.99 Å². The van der Waals surface area contributed by atoms with Gasteiger partial charge in [-0.25, -0.2) is 4.99 Å². The van der Waals surface area contributed by atoms with Crippen LogP contribution in [0.5, 0.6) is 5.88 Å². The minimum Gasteiger partial charge on any atom is -0.494 e. The van der Waals surface area contributed by atoms with Gasteiger partial charge in [-0.3, -0.25) is 19.1 Å². The number of aromatic nitrogens is 2. The molecule has 0 unspecified atom stereocenters. The first kappa shape index (κ1) is 21.5. The summed E-state index contributed by atoms with van der Waals surface area (Å²) in [5.41, 5.74) is 2.64. The van der Waals surface area contributed by atoms with Crippen LogP contribution in [0.3, 0.4) is 0 Å². The van der Waals surface area contributed by atoms with Crippen LogP contribution in [0, 0.1) is 11.7 Å². The lowest BCUT2D eigenvalue weighted by Crippen LogP contribution is -2.25. The maximum Gasteiger partial charge on any atom is 0.262 e. The number of carbonyl (C=O) groups excluding carboxylic acids is 1. The molecule has 2 heterocycles. The maximum atomic E-state index is 12.7. The topological polar surface area (TPSA) is 99.5 Å². The van der Waals surface area contributed by atoms with Crippen LogP contribution in [0.1, 0.15) is 24.5 Å². The van der Waals surface area contributed by atoms with Crippen molar-refractivity contribution < 1.29 is 9.90 Å². The first-order valence-electron chi connectivity index (χ1n) is 10.1. The molecule has 0 saturated heterocycles. The quantitative estimate of drug-likeness (QED) is 0.524. The second kappa shape index (κ2) is 8.76. The molecule has 0 atom stereocenters. The Kier molecular flexibility index (Phi) is 5.87. The number of fused-ring (bicyclic) bond motifs is 1. The van der Waals surface area contributed by atoms with Crippen LogP contribution in [-0.4, -0.2) is 27.1 Å². The number of rotatable bonds is 5. The fourth-order valence-corrected chi connectivity index (χ4v) is 4.00. The standard InChI is InChI=1S/C24H22N4O3S/c1-14-6-5-7-16(12-14)28-23(31)19(22(30)27-24(28)32)13-21-18(10-11-25-15(2)29)17-8-3-4-9-20(17)26-21/h3-9,12-13,31H,10-11H2,1-2H3,(H,25,29)(H,27,30,32)/b21-13-. The monoisotopic (exact) mass is 446 g/mol. The number of H-pyrrole nitrogens is 1. The molecule has 0 spiro atoms. The molecular weight excluding hydrogens is 424 g/mol. The maximum absolute atomic E-state index is 12.7. The molecule has 4 rings (SSSR count). The SMILES string of the molecule is CC(=O)NCCC1=c2ccccc2=N/C1=C\c1c(O)n(-c2cccc(C)c2)c(=S)[nH]c1=O. The molecule has 3 aromatic rings. The summed E-state index contributed by atoms with van der Waals surface area (Å²) in [6, 6.07) is 15.1. The molecule has 0 fully saturated rings. The third-order valence-electron chi connectivity index (χ3n) is 5.19. The normalized spacial score (nSPS) is 13.7. The number of nitrogens with one attached hydrogen (secondary N) is 2. The van der Waals surface area contributed by atoms with Gasteiger partial charge >= 0.3 is 0 Å². The van der Waals surface area contributed by atoms with E-state index in [1.54, 1.807) is 12.1 Å². The summed E-state index contributed by atoms with van der Waals surface area (Å²) in [5.74, 6) is -0.377. The highest BCUT2D eigenvalue weighted by atomic mass is 32.1. The lowest BCUT2D eigenvalue weighted by atomic mass is 10.1. The first-order chi connectivity index (χ1) is 15.3. The van der Waals surface area contributed by atoms with Crippen LogP contribution in [0.2, 0.25) is 0 Å². The van der Waals surface area contributed by atoms with Crippen LogP contribution >= 0.6 is 12.2 Å². The van der Waals surface area contributed by atoms with Gasteiger partial charge in [-0.05, 0) is 61.0 Å². The minimum atomic E-state index is -0.503. The van der Waals surface area contributed by atoms with Gasteiger partial charge in [-0.1, -0.05) is 30.3 Å². The van der Waals surface area contributed by atoms with Crippen LogP contribution in [0.15, 0.2) is 64.0 Å². The lowest BCUT2D eigenvalue weighted by Gasteiger charge is -2.12. The highest BCUT2D eigenvalue weighted by Crippen LogP contribution is 2.25. The number of para-hydroxylation sites is 1. The summed E-state index contributed by atoms with van der Waals surface area (Å²) in [4.78, 5) is 31.3. The van der Waals surface area contributed by atoms with Crippen molar-refractivity contribution in [2.75, 3.05) is 6.54 Å². The van der Waals surface area contributed by atoms with Crippen molar-refractivity contribution in [3.05, 3.63) is 91.1 Å². The zero-order valence-electron chi connectivity index (χ0n) is 17.7. The molecule has 2 aromatic carbocycles. The molecule has 0 radical (unpaired) electrons. The van der Waals surface area contributed by atoms with Crippen LogP contribution in [-0.2, 0) is 4.79 Å². The number of allylic oxidation sites excluding steroid dienone is 1. The van der Waals surface area contributed by atoms with Gasteiger partial charge in [-0.2, -0.15) is 0 Å². The number of aryl methyl sites for hydroxylation is 1. The van der Waals surface area contributed by atoms with E-state index in [-0.39, 0.29) is 22.1 Å². The van der Waals surface area contributed by atoms with Gasteiger partial charge in [-0.15, -0.1) is 0 Å². The van der Waals surface area contributed by atoms with Crippen molar-refractivity contribution in [2.45, 2.75) is 20.3 Å². The predicted octanol–water partition coefficient (Wildman–Crippen LogP) is 2.26. The number of carbonyl (C=O) groups is 1. The molecule has 0 bridgehead atoms. The number of amides is 1. The Hall–Kier alpha value is -3.78. The van der Waals surface area contributed by atoms with Crippen molar-refractivity contribution in [1.82, 2.24) is 14.9 Å². The Balaban J connectivity index is 1.87. The molecule has 0 saturated carbocycles. The highest BCUT2D eigenvalue weighted by Gasteiger charge is 2.17. The molecule has 3 N–H and O–H groups in total. The Morgan fingerprint density at radius 1 is 1.25 bits per heavy atom. The molecule has 32 heavy (non-hydrogen) atoms. The van der Waals surface area contributed by atoms with E-state index in [1.807, 2.05) is 49.4 Å². The molecule has 162 valence electrons. The number of benzene rings is 2. The van der Waals surface area contributed by atoms with Crippen LogP contribution in [0.25, 0.3) is 17.3 Å². The average Bonchev–Trinajstić information content (AvgIpc) is 3.08. The van der Waals surface area contributed by atoms with E-state index >= 15 is 0 Å². The third-order valence-corrected chi connectivity index (χ3v) is 5.47. The molecular formula is C24H22N4O3S. The van der Waals surface area contributed by atoms with Gasteiger partial charge in [0.2, 0.25) is 11.8 Å². The molecule has 7 nitrogen and oxygen atoms in total. The van der Waals surface area contributed by atoms with Crippen LogP contribution in [0.4, 0.5) is 0 Å². The van der Waals surface area contributed by atoms with Crippen molar-refractivity contribution in [3.8, 4) is 11.6 Å². The smallest absolute Gasteiger partial charge is 0.262 e. The number of aromatic amines is 1. The summed E-state index contributed by atoms with van der Waals surface area (Å²) in [6.07, 6.45) is 2.10. The summed E-state index contributed by atoms with van der Waals surface area (Å²) in [6.45, 7) is 3.83. The molecule has 0 aliphatic carbocycles. The number of nitrogens with zero attached hydrogens (tertiary/aromatic N) is 2. The fraction of sp³-hybridized carbons (Fsp3) is 0.167. The summed E-state index contributed by atoms with van der Waals surface area (Å²) in [5, 5.41) is 15.5.